The number of hydrogen-bond acceptors (Lipinski definition) is 5. The van der Waals surface area contributed by atoms with E-state index < -0.39 is 0 Å². The van der Waals surface area contributed by atoms with E-state index in [1.165, 1.54) is 0 Å². The minimum Gasteiger partial charge on any atom is -0.494 e. The van der Waals surface area contributed by atoms with Crippen molar-refractivity contribution in [2.24, 2.45) is 0 Å². The van der Waals surface area contributed by atoms with E-state index in [0.29, 0.717) is 12.3 Å². The summed E-state index contributed by atoms with van der Waals surface area (Å²) in [7, 11) is 1.78. The number of anilines is 1. The third-order valence-corrected chi connectivity index (χ3v) is 3.74. The second kappa shape index (κ2) is 9.24. The lowest BCUT2D eigenvalue weighted by molar-refractivity contribution is -0.133. The number of nitrogens with one attached hydrogen (secondary N) is 2. The van der Waals surface area contributed by atoms with Crippen LogP contribution in [-0.2, 0) is 9.59 Å². The number of nitrogens with zero attached hydrogens (tertiary/aromatic N) is 2. The highest BCUT2D eigenvalue weighted by molar-refractivity contribution is 5.92. The van der Waals surface area contributed by atoms with Gasteiger partial charge < -0.3 is 20.3 Å². The third kappa shape index (κ3) is 5.82. The van der Waals surface area contributed by atoms with E-state index >= 15 is 0 Å². The molecular weight excluding hydrogens is 308 g/mol. The van der Waals surface area contributed by atoms with Crippen molar-refractivity contribution in [3.8, 4) is 5.75 Å². The summed E-state index contributed by atoms with van der Waals surface area (Å²) in [5.74, 6) is 0.692. The molecule has 1 heterocycles. The van der Waals surface area contributed by atoms with Gasteiger partial charge in [-0.15, -0.1) is 0 Å². The Morgan fingerprint density at radius 3 is 2.50 bits per heavy atom. The third-order valence-electron chi connectivity index (χ3n) is 3.74. The summed E-state index contributed by atoms with van der Waals surface area (Å²) in [6, 6.07) is 7.23. The molecule has 0 bridgehead atoms. The van der Waals surface area contributed by atoms with Crippen LogP contribution in [0.25, 0.3) is 0 Å². The predicted molar refractivity (Wildman–Crippen MR) is 93.2 cm³/mol. The Labute approximate surface area is 142 Å². The molecule has 0 radical (unpaired) electrons. The highest BCUT2D eigenvalue weighted by Gasteiger charge is 2.18. The molecule has 7 heteroatoms. The number of benzene rings is 1. The summed E-state index contributed by atoms with van der Waals surface area (Å²) < 4.78 is 5.36. The maximum Gasteiger partial charge on any atom is 0.238 e. The number of ether oxygens (including phenoxy) is 1. The van der Waals surface area contributed by atoms with Crippen molar-refractivity contribution in [2.45, 2.75) is 6.92 Å². The van der Waals surface area contributed by atoms with Crippen LogP contribution in [0.5, 0.6) is 5.75 Å². The topological polar surface area (TPSA) is 73.9 Å². The molecule has 7 nitrogen and oxygen atoms in total. The molecule has 0 aromatic heterocycles. The molecule has 1 aliphatic heterocycles. The number of hydrogen-bond donors (Lipinski definition) is 2. The highest BCUT2D eigenvalue weighted by atomic mass is 16.5. The van der Waals surface area contributed by atoms with Gasteiger partial charge in [0.25, 0.3) is 0 Å². The van der Waals surface area contributed by atoms with Gasteiger partial charge in [-0.2, -0.15) is 0 Å². The highest BCUT2D eigenvalue weighted by Crippen LogP contribution is 2.15. The monoisotopic (exact) mass is 334 g/mol. The molecule has 1 aromatic carbocycles. The molecule has 0 unspecified atom stereocenters. The van der Waals surface area contributed by atoms with Crippen LogP contribution in [-0.4, -0.2) is 74.5 Å². The number of likely N-dealkylation sites (N-methyl/N-ethyl adjacent to an activating group) is 1. The van der Waals surface area contributed by atoms with Crippen molar-refractivity contribution in [1.29, 1.82) is 0 Å². The van der Waals surface area contributed by atoms with E-state index in [4.69, 9.17) is 4.74 Å². The number of amides is 2. The first kappa shape index (κ1) is 18.2. The van der Waals surface area contributed by atoms with Crippen molar-refractivity contribution < 1.29 is 14.3 Å². The lowest BCUT2D eigenvalue weighted by atomic mass is 10.3. The first-order valence-corrected chi connectivity index (χ1v) is 8.28. The van der Waals surface area contributed by atoms with Gasteiger partial charge in [-0.3, -0.25) is 14.5 Å². The van der Waals surface area contributed by atoms with Crippen LogP contribution in [0.4, 0.5) is 5.69 Å². The SMILES string of the molecule is CCOc1ccc(NC(=O)CN(C)CC(=O)N2CCNCC2)cc1. The zero-order valence-corrected chi connectivity index (χ0v) is 14.4. The first-order chi connectivity index (χ1) is 11.6. The fourth-order valence-electron chi connectivity index (χ4n) is 2.55. The molecule has 2 amide bonds. The van der Waals surface area contributed by atoms with Gasteiger partial charge >= 0.3 is 0 Å². The minimum absolute atomic E-state index is 0.0628. The van der Waals surface area contributed by atoms with E-state index in [9.17, 15) is 9.59 Å². The Balaban J connectivity index is 1.75. The van der Waals surface area contributed by atoms with Crippen LogP contribution in [0.3, 0.4) is 0 Å². The molecule has 1 fully saturated rings. The number of carbonyl (C=O) groups is 2. The van der Waals surface area contributed by atoms with Crippen LogP contribution < -0.4 is 15.4 Å². The molecule has 0 saturated carbocycles. The van der Waals surface area contributed by atoms with Crippen LogP contribution in [0, 0.1) is 0 Å². The molecule has 0 spiro atoms. The maximum atomic E-state index is 12.2. The Bertz CT molecular complexity index is 541. The van der Waals surface area contributed by atoms with Crippen molar-refractivity contribution >= 4 is 17.5 Å². The fourth-order valence-corrected chi connectivity index (χ4v) is 2.55. The molecule has 132 valence electrons. The van der Waals surface area contributed by atoms with Crippen molar-refractivity contribution in [3.05, 3.63) is 24.3 Å². The van der Waals surface area contributed by atoms with Gasteiger partial charge in [-0.1, -0.05) is 0 Å². The smallest absolute Gasteiger partial charge is 0.238 e. The second-order valence-electron chi connectivity index (χ2n) is 5.81. The zero-order valence-electron chi connectivity index (χ0n) is 14.4. The second-order valence-corrected chi connectivity index (χ2v) is 5.81. The first-order valence-electron chi connectivity index (χ1n) is 8.28. The number of piperazine rings is 1. The van der Waals surface area contributed by atoms with E-state index in [1.807, 2.05) is 24.0 Å². The fraction of sp³-hybridized carbons (Fsp3) is 0.529. The summed E-state index contributed by atoms with van der Waals surface area (Å²) in [6.07, 6.45) is 0. The molecule has 0 atom stereocenters. The van der Waals surface area contributed by atoms with Crippen LogP contribution in [0.2, 0.25) is 0 Å². The average molecular weight is 334 g/mol. The molecule has 2 N–H and O–H groups in total. The lowest BCUT2D eigenvalue weighted by Crippen LogP contribution is -2.49. The van der Waals surface area contributed by atoms with E-state index in [-0.39, 0.29) is 24.9 Å². The Kier molecular flexibility index (Phi) is 7.02. The maximum absolute atomic E-state index is 12.2. The molecular formula is C17H26N4O3. The van der Waals surface area contributed by atoms with Crippen LogP contribution >= 0.6 is 0 Å². The Morgan fingerprint density at radius 2 is 1.88 bits per heavy atom. The van der Waals surface area contributed by atoms with E-state index in [0.717, 1.165) is 31.9 Å². The molecule has 1 saturated heterocycles. The van der Waals surface area contributed by atoms with Gasteiger partial charge in [-0.25, -0.2) is 0 Å². The van der Waals surface area contributed by atoms with Crippen LogP contribution in [0.15, 0.2) is 24.3 Å². The van der Waals surface area contributed by atoms with E-state index in [2.05, 4.69) is 10.6 Å². The summed E-state index contributed by atoms with van der Waals surface area (Å²) in [5, 5.41) is 6.04. The van der Waals surface area contributed by atoms with Gasteiger partial charge in [-0.05, 0) is 38.2 Å². The van der Waals surface area contributed by atoms with Crippen molar-refractivity contribution in [2.75, 3.05) is 58.2 Å². The predicted octanol–water partition coefficient (Wildman–Crippen LogP) is 0.387. The van der Waals surface area contributed by atoms with Gasteiger partial charge in [0.15, 0.2) is 0 Å². The zero-order chi connectivity index (χ0) is 17.4. The van der Waals surface area contributed by atoms with E-state index in [1.54, 1.807) is 24.1 Å². The average Bonchev–Trinajstić information content (AvgIpc) is 2.57. The Hall–Kier alpha value is -2.12. The largest absolute Gasteiger partial charge is 0.494 e. The summed E-state index contributed by atoms with van der Waals surface area (Å²) >= 11 is 0. The number of carbonyl (C=O) groups excluding carboxylic acids is 2. The normalized spacial score (nSPS) is 14.5. The van der Waals surface area contributed by atoms with Gasteiger partial charge in [0.1, 0.15) is 5.75 Å². The van der Waals surface area contributed by atoms with Gasteiger partial charge in [0, 0.05) is 31.9 Å². The molecule has 24 heavy (non-hydrogen) atoms. The number of rotatable bonds is 7. The van der Waals surface area contributed by atoms with Crippen molar-refractivity contribution in [1.82, 2.24) is 15.1 Å². The summed E-state index contributed by atoms with van der Waals surface area (Å²) in [4.78, 5) is 27.8. The standard InChI is InChI=1S/C17H26N4O3/c1-3-24-15-6-4-14(5-7-15)19-16(22)12-20(2)13-17(23)21-10-8-18-9-11-21/h4-7,18H,3,8-13H2,1-2H3,(H,19,22). The quantitative estimate of drug-likeness (QED) is 0.754. The molecule has 0 aliphatic carbocycles. The summed E-state index contributed by atoms with van der Waals surface area (Å²) in [5.41, 5.74) is 0.713. The van der Waals surface area contributed by atoms with Gasteiger partial charge in [0.05, 0.1) is 19.7 Å². The summed E-state index contributed by atoms with van der Waals surface area (Å²) in [6.45, 7) is 6.06. The molecule has 2 rings (SSSR count). The van der Waals surface area contributed by atoms with Crippen LogP contribution in [0.1, 0.15) is 6.92 Å². The lowest BCUT2D eigenvalue weighted by Gasteiger charge is -2.29. The van der Waals surface area contributed by atoms with Gasteiger partial charge in [0.2, 0.25) is 11.8 Å². The molecule has 1 aliphatic rings. The molecule has 1 aromatic rings. The Morgan fingerprint density at radius 1 is 1.21 bits per heavy atom. The minimum atomic E-state index is -0.144. The van der Waals surface area contributed by atoms with Crippen molar-refractivity contribution in [3.63, 3.8) is 0 Å².